The van der Waals surface area contributed by atoms with Crippen molar-refractivity contribution in [3.63, 3.8) is 0 Å². The molecule has 20 heavy (non-hydrogen) atoms. The molecule has 3 N–H and O–H groups in total. The van der Waals surface area contributed by atoms with Crippen LogP contribution in [0, 0.1) is 5.41 Å². The normalized spacial score (nSPS) is 20.4. The van der Waals surface area contributed by atoms with Gasteiger partial charge in [-0.2, -0.15) is 0 Å². The van der Waals surface area contributed by atoms with E-state index in [1.54, 1.807) is 0 Å². The molecule has 0 aromatic carbocycles. The number of rotatable bonds is 4. The van der Waals surface area contributed by atoms with Crippen LogP contribution < -0.4 is 10.6 Å². The third-order valence-electron chi connectivity index (χ3n) is 2.68. The number of imide groups is 1. The molecule has 0 saturated carbocycles. The van der Waals surface area contributed by atoms with Gasteiger partial charge in [-0.25, -0.2) is 13.2 Å². The van der Waals surface area contributed by atoms with Crippen LogP contribution in [0.5, 0.6) is 0 Å². The average Bonchev–Trinajstić information content (AvgIpc) is 2.55. The summed E-state index contributed by atoms with van der Waals surface area (Å²) in [5, 5.41) is 14.1. The van der Waals surface area contributed by atoms with Gasteiger partial charge in [0, 0.05) is 11.8 Å². The highest BCUT2D eigenvalue weighted by atomic mass is 32.2. The first-order chi connectivity index (χ1) is 9.02. The molecule has 1 aliphatic heterocycles. The Bertz CT molecular complexity index is 563. The molecule has 0 radical (unpaired) electrons. The van der Waals surface area contributed by atoms with E-state index in [1.165, 1.54) is 19.9 Å². The molecule has 0 aromatic heterocycles. The molecule has 3 amide bonds. The molecular formula is C11H16N2O6S. The number of amides is 3. The maximum atomic E-state index is 11.5. The van der Waals surface area contributed by atoms with Gasteiger partial charge in [0.15, 0.2) is 9.84 Å². The molecule has 1 rings (SSSR count). The number of carbonyl (C=O) groups is 3. The summed E-state index contributed by atoms with van der Waals surface area (Å²) in [7, 11) is -3.30. The van der Waals surface area contributed by atoms with Crippen LogP contribution in [0.25, 0.3) is 0 Å². The Kier molecular flexibility index (Phi) is 4.53. The molecule has 0 aromatic rings. The van der Waals surface area contributed by atoms with E-state index in [2.05, 4.69) is 5.32 Å². The molecule has 1 unspecified atom stereocenters. The van der Waals surface area contributed by atoms with Gasteiger partial charge in [0.2, 0.25) is 5.91 Å². The van der Waals surface area contributed by atoms with Crippen molar-refractivity contribution < 1.29 is 27.9 Å². The first-order valence-corrected chi connectivity index (χ1v) is 7.48. The fourth-order valence-corrected chi connectivity index (χ4v) is 2.75. The zero-order chi connectivity index (χ0) is 15.6. The lowest BCUT2D eigenvalue weighted by Gasteiger charge is -2.18. The van der Waals surface area contributed by atoms with E-state index < -0.39 is 39.2 Å². The number of sulfone groups is 1. The summed E-state index contributed by atoms with van der Waals surface area (Å²) in [5.41, 5.74) is -1.29. The highest BCUT2D eigenvalue weighted by Crippen LogP contribution is 2.19. The van der Waals surface area contributed by atoms with Gasteiger partial charge >= 0.3 is 12.0 Å². The predicted octanol–water partition coefficient (Wildman–Crippen LogP) is -0.376. The largest absolute Gasteiger partial charge is 0.481 e. The lowest BCUT2D eigenvalue weighted by molar-refractivity contribution is -0.149. The molecule has 1 atom stereocenters. The summed E-state index contributed by atoms with van der Waals surface area (Å²) < 4.78 is 22.2. The van der Waals surface area contributed by atoms with Crippen molar-refractivity contribution in [2.24, 2.45) is 5.41 Å². The Morgan fingerprint density at radius 3 is 2.40 bits per heavy atom. The summed E-state index contributed by atoms with van der Waals surface area (Å²) >= 11 is 0. The summed E-state index contributed by atoms with van der Waals surface area (Å²) in [4.78, 5) is 33.8. The van der Waals surface area contributed by atoms with E-state index in [9.17, 15) is 22.8 Å². The standard InChI is InChI=1S/C11H16N2O6S/c1-11(2,9(15)16)5-8(14)13-10(17)12-7-3-4-20(18,19)6-7/h3-4,7H,5-6H2,1-2H3,(H,15,16)(H2,12,13,14,17). The third-order valence-corrected chi connectivity index (χ3v) is 4.08. The van der Waals surface area contributed by atoms with Gasteiger partial charge in [0.05, 0.1) is 17.2 Å². The molecule has 0 fully saturated rings. The van der Waals surface area contributed by atoms with Gasteiger partial charge < -0.3 is 10.4 Å². The van der Waals surface area contributed by atoms with Crippen molar-refractivity contribution >= 4 is 27.7 Å². The Balaban J connectivity index is 2.46. The SMILES string of the molecule is CC(C)(CC(=O)NC(=O)NC1C=CS(=O)(=O)C1)C(=O)O. The van der Waals surface area contributed by atoms with Gasteiger partial charge in [-0.15, -0.1) is 0 Å². The van der Waals surface area contributed by atoms with Gasteiger partial charge in [-0.1, -0.05) is 0 Å². The summed E-state index contributed by atoms with van der Waals surface area (Å²) in [6.07, 6.45) is 0.940. The molecule has 0 saturated heterocycles. The van der Waals surface area contributed by atoms with E-state index >= 15 is 0 Å². The number of urea groups is 1. The second-order valence-electron chi connectivity index (χ2n) is 5.15. The Morgan fingerprint density at radius 2 is 1.95 bits per heavy atom. The number of carboxylic acid groups (broad SMARTS) is 1. The second-order valence-corrected chi connectivity index (χ2v) is 7.08. The van der Waals surface area contributed by atoms with Crippen LogP contribution in [0.1, 0.15) is 20.3 Å². The average molecular weight is 304 g/mol. The molecule has 0 aliphatic carbocycles. The molecule has 9 heteroatoms. The van der Waals surface area contributed by atoms with Crippen LogP contribution in [-0.2, 0) is 19.4 Å². The predicted molar refractivity (Wildman–Crippen MR) is 69.4 cm³/mol. The Labute approximate surface area is 116 Å². The minimum Gasteiger partial charge on any atom is -0.481 e. The maximum Gasteiger partial charge on any atom is 0.321 e. The van der Waals surface area contributed by atoms with Gasteiger partial charge in [0.1, 0.15) is 0 Å². The summed E-state index contributed by atoms with van der Waals surface area (Å²) in [5.74, 6) is -2.16. The van der Waals surface area contributed by atoms with Crippen LogP contribution in [0.3, 0.4) is 0 Å². The smallest absolute Gasteiger partial charge is 0.321 e. The van der Waals surface area contributed by atoms with Crippen molar-refractivity contribution in [1.82, 2.24) is 10.6 Å². The van der Waals surface area contributed by atoms with Crippen LogP contribution in [0.15, 0.2) is 11.5 Å². The fraction of sp³-hybridized carbons (Fsp3) is 0.545. The van der Waals surface area contributed by atoms with E-state index in [1.807, 2.05) is 5.32 Å². The highest BCUT2D eigenvalue weighted by Gasteiger charge is 2.31. The van der Waals surface area contributed by atoms with Crippen LogP contribution in [0.4, 0.5) is 4.79 Å². The number of hydrogen-bond donors (Lipinski definition) is 3. The minimum absolute atomic E-state index is 0.255. The van der Waals surface area contributed by atoms with E-state index in [0.29, 0.717) is 0 Å². The van der Waals surface area contributed by atoms with Gasteiger partial charge in [-0.3, -0.25) is 14.9 Å². The van der Waals surface area contributed by atoms with Gasteiger partial charge in [0.25, 0.3) is 0 Å². The van der Waals surface area contributed by atoms with Crippen LogP contribution in [-0.4, -0.2) is 43.2 Å². The van der Waals surface area contributed by atoms with Crippen LogP contribution >= 0.6 is 0 Å². The molecular weight excluding hydrogens is 288 g/mol. The zero-order valence-corrected chi connectivity index (χ0v) is 11.9. The number of aliphatic carboxylic acids is 1. The van der Waals surface area contributed by atoms with E-state index in [0.717, 1.165) is 5.41 Å². The second kappa shape index (κ2) is 5.61. The summed E-state index contributed by atoms with van der Waals surface area (Å²) in [6, 6.07) is -1.55. The molecule has 0 spiro atoms. The number of carbonyl (C=O) groups excluding carboxylic acids is 2. The van der Waals surface area contributed by atoms with Crippen LogP contribution in [0.2, 0.25) is 0 Å². The molecule has 0 bridgehead atoms. The monoisotopic (exact) mass is 304 g/mol. The Hall–Kier alpha value is -1.90. The van der Waals surface area contributed by atoms with E-state index in [-0.39, 0.29) is 12.2 Å². The third kappa shape index (κ3) is 4.65. The molecule has 112 valence electrons. The van der Waals surface area contributed by atoms with Crippen molar-refractivity contribution in [2.45, 2.75) is 26.3 Å². The number of hydrogen-bond acceptors (Lipinski definition) is 5. The maximum absolute atomic E-state index is 11.5. The molecule has 1 aliphatic rings. The molecule has 8 nitrogen and oxygen atoms in total. The van der Waals surface area contributed by atoms with Crippen molar-refractivity contribution in [1.29, 1.82) is 0 Å². The minimum atomic E-state index is -3.30. The number of nitrogens with one attached hydrogen (secondary N) is 2. The topological polar surface area (TPSA) is 130 Å². The van der Waals surface area contributed by atoms with E-state index in [4.69, 9.17) is 5.11 Å². The quantitative estimate of drug-likeness (QED) is 0.649. The fourth-order valence-electron chi connectivity index (χ4n) is 1.52. The van der Waals surface area contributed by atoms with Crippen molar-refractivity contribution in [3.05, 3.63) is 11.5 Å². The first-order valence-electron chi connectivity index (χ1n) is 5.76. The zero-order valence-electron chi connectivity index (χ0n) is 11.0. The first kappa shape index (κ1) is 16.2. The van der Waals surface area contributed by atoms with Crippen molar-refractivity contribution in [2.75, 3.05) is 5.75 Å². The lowest BCUT2D eigenvalue weighted by Crippen LogP contribution is -2.46. The molecule has 1 heterocycles. The highest BCUT2D eigenvalue weighted by molar-refractivity contribution is 7.94. The summed E-state index contributed by atoms with van der Waals surface area (Å²) in [6.45, 7) is 2.72. The lowest BCUT2D eigenvalue weighted by atomic mass is 9.89. The van der Waals surface area contributed by atoms with Gasteiger partial charge in [-0.05, 0) is 19.9 Å². The Morgan fingerprint density at radius 1 is 1.35 bits per heavy atom. The number of carboxylic acids is 1. The van der Waals surface area contributed by atoms with Crippen molar-refractivity contribution in [3.8, 4) is 0 Å².